The number of esters is 1. The Labute approximate surface area is 115 Å². The topological polar surface area (TPSA) is 72.5 Å². The Morgan fingerprint density at radius 2 is 2.00 bits per heavy atom. The number of rotatable bonds is 5. The van der Waals surface area contributed by atoms with Gasteiger partial charge >= 0.3 is 5.97 Å². The van der Waals surface area contributed by atoms with E-state index in [0.29, 0.717) is 0 Å². The maximum atomic E-state index is 11.5. The largest absolute Gasteiger partial charge is 0.462 e. The van der Waals surface area contributed by atoms with Crippen molar-refractivity contribution in [2.24, 2.45) is 0 Å². The van der Waals surface area contributed by atoms with E-state index in [1.165, 1.54) is 25.1 Å². The fourth-order valence-corrected chi connectivity index (χ4v) is 1.55. The predicted molar refractivity (Wildman–Crippen MR) is 71.3 cm³/mol. The lowest BCUT2D eigenvalue weighted by Gasteiger charge is -2.08. The Balaban J connectivity index is 2.88. The summed E-state index contributed by atoms with van der Waals surface area (Å²) in [5, 5.41) is 2.76. The molecule has 0 saturated heterocycles. The summed E-state index contributed by atoms with van der Waals surface area (Å²) in [6.07, 6.45) is -0.236. The number of ether oxygens (including phenoxy) is 1. The third-order valence-electron chi connectivity index (χ3n) is 2.16. The number of hydrogen-bond acceptors (Lipinski definition) is 4. The molecule has 0 saturated carbocycles. The zero-order chi connectivity index (χ0) is 14.4. The lowest BCUT2D eigenvalue weighted by atomic mass is 10.2. The summed E-state index contributed by atoms with van der Waals surface area (Å²) in [6, 6.07) is 4.40. The number of halogens is 1. The molecule has 0 aliphatic carbocycles. The molecule has 0 unspecified atom stereocenters. The van der Waals surface area contributed by atoms with E-state index >= 15 is 0 Å². The number of hydrogen-bond donors (Lipinski definition) is 1. The van der Waals surface area contributed by atoms with Gasteiger partial charge in [0.1, 0.15) is 5.78 Å². The Hall–Kier alpha value is -1.88. The standard InChI is InChI=1S/C13H14ClNO4/c1-3-19-13(18)9-4-5-10(14)11(7-9)15-12(17)6-8(2)16/h4-5,7H,3,6H2,1-2H3,(H,15,17). The average molecular weight is 284 g/mol. The lowest BCUT2D eigenvalue weighted by Crippen LogP contribution is -2.15. The number of ketones is 1. The van der Waals surface area contributed by atoms with Gasteiger partial charge in [-0.3, -0.25) is 9.59 Å². The van der Waals surface area contributed by atoms with Crippen LogP contribution in [0.5, 0.6) is 0 Å². The van der Waals surface area contributed by atoms with Crippen LogP contribution in [0.2, 0.25) is 5.02 Å². The number of carbonyl (C=O) groups is 3. The number of amides is 1. The molecule has 0 fully saturated rings. The summed E-state index contributed by atoms with van der Waals surface area (Å²) in [5.74, 6) is -1.23. The molecule has 0 aliphatic heterocycles. The maximum absolute atomic E-state index is 11.5. The first kappa shape index (κ1) is 15.2. The highest BCUT2D eigenvalue weighted by molar-refractivity contribution is 6.34. The van der Waals surface area contributed by atoms with Crippen LogP contribution in [0.4, 0.5) is 5.69 Å². The van der Waals surface area contributed by atoms with E-state index in [1.54, 1.807) is 6.92 Å². The molecular weight excluding hydrogens is 270 g/mol. The van der Waals surface area contributed by atoms with Gasteiger partial charge in [-0.2, -0.15) is 0 Å². The second kappa shape index (κ2) is 6.89. The van der Waals surface area contributed by atoms with Gasteiger partial charge in [-0.05, 0) is 32.0 Å². The zero-order valence-electron chi connectivity index (χ0n) is 10.7. The molecular formula is C13H14ClNO4. The normalized spacial score (nSPS) is 9.84. The molecule has 0 bridgehead atoms. The molecule has 1 rings (SSSR count). The first-order valence-electron chi connectivity index (χ1n) is 5.70. The van der Waals surface area contributed by atoms with Crippen LogP contribution in [-0.4, -0.2) is 24.3 Å². The predicted octanol–water partition coefficient (Wildman–Crippen LogP) is 2.43. The van der Waals surface area contributed by atoms with E-state index < -0.39 is 11.9 Å². The summed E-state index contributed by atoms with van der Waals surface area (Å²) in [4.78, 5) is 33.8. The molecule has 1 amide bonds. The maximum Gasteiger partial charge on any atom is 0.338 e. The third-order valence-corrected chi connectivity index (χ3v) is 2.49. The third kappa shape index (κ3) is 4.71. The van der Waals surface area contributed by atoms with E-state index in [0.717, 1.165) is 0 Å². The molecule has 5 nitrogen and oxygen atoms in total. The molecule has 0 atom stereocenters. The van der Waals surface area contributed by atoms with Crippen LogP contribution in [-0.2, 0) is 14.3 Å². The van der Waals surface area contributed by atoms with Gasteiger partial charge in [0.15, 0.2) is 0 Å². The minimum atomic E-state index is -0.499. The van der Waals surface area contributed by atoms with Gasteiger partial charge in [0, 0.05) is 0 Å². The highest BCUT2D eigenvalue weighted by atomic mass is 35.5. The molecule has 0 radical (unpaired) electrons. The lowest BCUT2D eigenvalue weighted by molar-refractivity contribution is -0.124. The van der Waals surface area contributed by atoms with Crippen molar-refractivity contribution >= 4 is 34.9 Å². The van der Waals surface area contributed by atoms with Crippen LogP contribution in [0.15, 0.2) is 18.2 Å². The van der Waals surface area contributed by atoms with Gasteiger partial charge in [0.05, 0.1) is 29.3 Å². The van der Waals surface area contributed by atoms with Crippen molar-refractivity contribution in [3.8, 4) is 0 Å². The van der Waals surface area contributed by atoms with Crippen molar-refractivity contribution in [1.82, 2.24) is 0 Å². The highest BCUT2D eigenvalue weighted by Crippen LogP contribution is 2.23. The first-order chi connectivity index (χ1) is 8.93. The van der Waals surface area contributed by atoms with Crippen molar-refractivity contribution in [3.63, 3.8) is 0 Å². The molecule has 1 aromatic rings. The van der Waals surface area contributed by atoms with Crippen LogP contribution in [0.25, 0.3) is 0 Å². The molecule has 0 spiro atoms. The molecule has 0 heterocycles. The van der Waals surface area contributed by atoms with Gasteiger partial charge in [-0.25, -0.2) is 4.79 Å². The molecule has 0 aromatic heterocycles. The van der Waals surface area contributed by atoms with Crippen molar-refractivity contribution in [2.75, 3.05) is 11.9 Å². The van der Waals surface area contributed by atoms with Gasteiger partial charge in [-0.1, -0.05) is 11.6 Å². The summed E-state index contributed by atoms with van der Waals surface area (Å²) >= 11 is 5.91. The Morgan fingerprint density at radius 1 is 1.32 bits per heavy atom. The van der Waals surface area contributed by atoms with E-state index in [4.69, 9.17) is 16.3 Å². The Morgan fingerprint density at radius 3 is 2.58 bits per heavy atom. The summed E-state index contributed by atoms with van der Waals surface area (Å²) in [7, 11) is 0. The average Bonchev–Trinajstić information content (AvgIpc) is 2.31. The molecule has 6 heteroatoms. The smallest absolute Gasteiger partial charge is 0.338 e. The summed E-state index contributed by atoms with van der Waals surface area (Å²) in [6.45, 7) is 3.27. The SMILES string of the molecule is CCOC(=O)c1ccc(Cl)c(NC(=O)CC(C)=O)c1. The Kier molecular flexibility index (Phi) is 5.51. The highest BCUT2D eigenvalue weighted by Gasteiger charge is 2.12. The minimum absolute atomic E-state index is 0.236. The van der Waals surface area contributed by atoms with Crippen molar-refractivity contribution < 1.29 is 19.1 Å². The zero-order valence-corrected chi connectivity index (χ0v) is 11.4. The summed E-state index contributed by atoms with van der Waals surface area (Å²) < 4.78 is 4.84. The van der Waals surface area contributed by atoms with Crippen molar-refractivity contribution in [2.45, 2.75) is 20.3 Å². The summed E-state index contributed by atoms with van der Waals surface area (Å²) in [5.41, 5.74) is 0.558. The number of anilines is 1. The van der Waals surface area contributed by atoms with Gasteiger partial charge < -0.3 is 10.1 Å². The number of nitrogens with one attached hydrogen (secondary N) is 1. The molecule has 1 aromatic carbocycles. The van der Waals surface area contributed by atoms with Gasteiger partial charge in [0.2, 0.25) is 5.91 Å². The van der Waals surface area contributed by atoms with E-state index in [-0.39, 0.29) is 35.1 Å². The second-order valence-electron chi connectivity index (χ2n) is 3.84. The van der Waals surface area contributed by atoms with E-state index in [9.17, 15) is 14.4 Å². The number of carbonyl (C=O) groups excluding carboxylic acids is 3. The van der Waals surface area contributed by atoms with Crippen LogP contribution >= 0.6 is 11.6 Å². The number of Topliss-reactive ketones (excluding diaryl/α,β-unsaturated/α-hetero) is 1. The number of benzene rings is 1. The van der Waals surface area contributed by atoms with Crippen molar-refractivity contribution in [3.05, 3.63) is 28.8 Å². The fourth-order valence-electron chi connectivity index (χ4n) is 1.38. The van der Waals surface area contributed by atoms with Crippen LogP contribution in [0.3, 0.4) is 0 Å². The molecule has 0 aliphatic rings. The van der Waals surface area contributed by atoms with Crippen LogP contribution in [0.1, 0.15) is 30.6 Å². The van der Waals surface area contributed by atoms with Crippen LogP contribution in [0, 0.1) is 0 Å². The second-order valence-corrected chi connectivity index (χ2v) is 4.25. The molecule has 1 N–H and O–H groups in total. The molecule has 102 valence electrons. The Bertz CT molecular complexity index is 513. The van der Waals surface area contributed by atoms with Crippen molar-refractivity contribution in [1.29, 1.82) is 0 Å². The van der Waals surface area contributed by atoms with E-state index in [2.05, 4.69) is 5.32 Å². The van der Waals surface area contributed by atoms with Gasteiger partial charge in [-0.15, -0.1) is 0 Å². The first-order valence-corrected chi connectivity index (χ1v) is 6.07. The van der Waals surface area contributed by atoms with Gasteiger partial charge in [0.25, 0.3) is 0 Å². The quantitative estimate of drug-likeness (QED) is 0.665. The fraction of sp³-hybridized carbons (Fsp3) is 0.308. The minimum Gasteiger partial charge on any atom is -0.462 e. The monoisotopic (exact) mass is 283 g/mol. The van der Waals surface area contributed by atoms with E-state index in [1.807, 2.05) is 0 Å². The molecule has 19 heavy (non-hydrogen) atoms. The van der Waals surface area contributed by atoms with Crippen LogP contribution < -0.4 is 5.32 Å².